The minimum absolute atomic E-state index is 0.0196. The fraction of sp³-hybridized carbons (Fsp3) is 0.133. The number of hydrogen-bond acceptors (Lipinski definition) is 2. The number of nitrogens with one attached hydrogen (secondary N) is 1. The van der Waals surface area contributed by atoms with Crippen LogP contribution in [0.4, 0.5) is 4.39 Å². The highest BCUT2D eigenvalue weighted by Crippen LogP contribution is 2.31. The van der Waals surface area contributed by atoms with Gasteiger partial charge in [-0.15, -0.1) is 6.42 Å². The molecule has 0 unspecified atom stereocenters. The quantitative estimate of drug-likeness (QED) is 0.514. The zero-order chi connectivity index (χ0) is 14.7. The van der Waals surface area contributed by atoms with E-state index in [9.17, 15) is 9.18 Å². The normalized spacial score (nSPS) is 10.2. The number of carbonyl (C=O) groups excluding carboxylic acids is 1. The van der Waals surface area contributed by atoms with E-state index in [4.69, 9.17) is 11.2 Å². The lowest BCUT2D eigenvalue weighted by molar-refractivity contribution is 0.103. The summed E-state index contributed by atoms with van der Waals surface area (Å²) in [7, 11) is 0. The summed E-state index contributed by atoms with van der Waals surface area (Å²) in [4.78, 5) is 14.9. The fourth-order valence-corrected chi connectivity index (χ4v) is 2.20. The highest BCUT2D eigenvalue weighted by Gasteiger charge is 2.13. The fourth-order valence-electron chi connectivity index (χ4n) is 1.74. The van der Waals surface area contributed by atoms with E-state index in [-0.39, 0.29) is 18.0 Å². The first-order valence-corrected chi connectivity index (χ1v) is 6.57. The van der Waals surface area contributed by atoms with E-state index in [0.29, 0.717) is 15.9 Å². The topological polar surface area (TPSA) is 42.1 Å². The van der Waals surface area contributed by atoms with E-state index in [2.05, 4.69) is 33.4 Å². The first kappa shape index (κ1) is 14.4. The number of aromatic amines is 1. The molecule has 0 spiro atoms. The van der Waals surface area contributed by atoms with Gasteiger partial charge in [0.15, 0.2) is 0 Å². The van der Waals surface area contributed by atoms with Gasteiger partial charge in [-0.2, -0.15) is 0 Å². The maximum absolute atomic E-state index is 12.1. The van der Waals surface area contributed by atoms with Gasteiger partial charge in [0.05, 0.1) is 15.7 Å². The van der Waals surface area contributed by atoms with Crippen molar-refractivity contribution in [3.63, 3.8) is 0 Å². The van der Waals surface area contributed by atoms with E-state index in [1.807, 2.05) is 0 Å². The summed E-state index contributed by atoms with van der Waals surface area (Å²) in [6.45, 7) is 2.93. The molecule has 20 heavy (non-hydrogen) atoms. The number of hydrogen-bond donors (Lipinski definition) is 1. The Morgan fingerprint density at radius 2 is 2.25 bits per heavy atom. The molecule has 0 aliphatic heterocycles. The van der Waals surface area contributed by atoms with Gasteiger partial charge in [0, 0.05) is 10.9 Å². The third kappa shape index (κ3) is 2.75. The van der Waals surface area contributed by atoms with Crippen molar-refractivity contribution in [3.05, 3.63) is 40.5 Å². The lowest BCUT2D eigenvalue weighted by Gasteiger charge is -2.05. The van der Waals surface area contributed by atoms with Crippen LogP contribution in [0.3, 0.4) is 0 Å². The molecule has 0 aliphatic rings. The Morgan fingerprint density at radius 1 is 1.50 bits per heavy atom. The van der Waals surface area contributed by atoms with Crippen molar-refractivity contribution in [2.75, 3.05) is 13.3 Å². The number of Topliss-reactive ketones (excluding diaryl/α,β-unsaturated/α-hetero) is 1. The number of carbonyl (C=O) groups is 1. The van der Waals surface area contributed by atoms with Crippen LogP contribution in [0.1, 0.15) is 10.5 Å². The molecule has 1 aromatic heterocycles. The SMILES string of the molecule is C#CC(=C)C(=O)c1cc2cc(OCCF)c(Br)cc2[nH]1. The first-order valence-electron chi connectivity index (χ1n) is 5.78. The van der Waals surface area contributed by atoms with Gasteiger partial charge in [-0.05, 0) is 34.1 Å². The van der Waals surface area contributed by atoms with Crippen molar-refractivity contribution in [2.45, 2.75) is 0 Å². The van der Waals surface area contributed by atoms with Crippen molar-refractivity contribution in [1.82, 2.24) is 4.98 Å². The molecule has 1 aromatic carbocycles. The molecule has 2 aromatic rings. The molecule has 1 N–H and O–H groups in total. The van der Waals surface area contributed by atoms with Gasteiger partial charge >= 0.3 is 0 Å². The summed E-state index contributed by atoms with van der Waals surface area (Å²) in [6, 6.07) is 5.15. The number of ether oxygens (including phenoxy) is 1. The summed E-state index contributed by atoms with van der Waals surface area (Å²) in [5.74, 6) is 2.41. The minimum Gasteiger partial charge on any atom is -0.490 e. The zero-order valence-corrected chi connectivity index (χ0v) is 12.1. The number of H-pyrrole nitrogens is 1. The molecule has 2 rings (SSSR count). The molecule has 1 heterocycles. The number of rotatable bonds is 5. The number of fused-ring (bicyclic) bond motifs is 1. The first-order chi connectivity index (χ1) is 9.56. The second-order valence-corrected chi connectivity index (χ2v) is 4.90. The average Bonchev–Trinajstić information content (AvgIpc) is 2.85. The van der Waals surface area contributed by atoms with Gasteiger partial charge in [-0.1, -0.05) is 12.5 Å². The zero-order valence-electron chi connectivity index (χ0n) is 10.5. The van der Waals surface area contributed by atoms with Crippen LogP contribution in [0, 0.1) is 12.3 Å². The summed E-state index contributed by atoms with van der Waals surface area (Å²) in [5.41, 5.74) is 1.19. The third-order valence-corrected chi connectivity index (χ3v) is 3.32. The largest absolute Gasteiger partial charge is 0.490 e. The van der Waals surface area contributed by atoms with E-state index in [1.54, 1.807) is 18.2 Å². The van der Waals surface area contributed by atoms with Crippen molar-refractivity contribution >= 4 is 32.6 Å². The van der Waals surface area contributed by atoms with Crippen LogP contribution in [0.5, 0.6) is 5.75 Å². The molecule has 0 saturated heterocycles. The lowest BCUT2D eigenvalue weighted by Crippen LogP contribution is -2.00. The summed E-state index contributed by atoms with van der Waals surface area (Å²) in [6.07, 6.45) is 5.16. The molecule has 5 heteroatoms. The summed E-state index contributed by atoms with van der Waals surface area (Å²) in [5, 5.41) is 0.773. The number of benzene rings is 1. The van der Waals surface area contributed by atoms with E-state index in [0.717, 1.165) is 10.9 Å². The Labute approximate surface area is 123 Å². The van der Waals surface area contributed by atoms with E-state index < -0.39 is 6.67 Å². The molecule has 102 valence electrons. The number of alkyl halides is 1. The van der Waals surface area contributed by atoms with Crippen molar-refractivity contribution in [3.8, 4) is 18.1 Å². The summed E-state index contributed by atoms with van der Waals surface area (Å²) < 4.78 is 18.1. The molecule has 0 bridgehead atoms. The molecule has 0 fully saturated rings. The molecule has 0 atom stereocenters. The lowest BCUT2D eigenvalue weighted by atomic mass is 10.1. The predicted octanol–water partition coefficient (Wildman–Crippen LogP) is 3.65. The van der Waals surface area contributed by atoms with Crippen LogP contribution in [-0.4, -0.2) is 24.0 Å². The average molecular weight is 336 g/mol. The Bertz CT molecular complexity index is 727. The van der Waals surface area contributed by atoms with Crippen LogP contribution < -0.4 is 4.74 Å². The van der Waals surface area contributed by atoms with Crippen molar-refractivity contribution < 1.29 is 13.9 Å². The van der Waals surface area contributed by atoms with Crippen LogP contribution in [0.25, 0.3) is 10.9 Å². The Hall–Kier alpha value is -2.06. The van der Waals surface area contributed by atoms with E-state index >= 15 is 0 Å². The molecule has 0 amide bonds. The second kappa shape index (κ2) is 5.93. The highest BCUT2D eigenvalue weighted by molar-refractivity contribution is 9.10. The van der Waals surface area contributed by atoms with Gasteiger partial charge in [-0.3, -0.25) is 4.79 Å². The number of terminal acetylenes is 1. The standard InChI is InChI=1S/C15H11BrFNO2/c1-3-9(2)15(19)13-6-10-7-14(20-5-4-17)11(16)8-12(10)18-13/h1,6-8,18H,2,4-5H2. The van der Waals surface area contributed by atoms with Gasteiger partial charge in [-0.25, -0.2) is 4.39 Å². The molecule has 3 nitrogen and oxygen atoms in total. The minimum atomic E-state index is -0.566. The molecule has 0 radical (unpaired) electrons. The van der Waals surface area contributed by atoms with E-state index in [1.165, 1.54) is 0 Å². The predicted molar refractivity (Wildman–Crippen MR) is 79.8 cm³/mol. The smallest absolute Gasteiger partial charge is 0.216 e. The van der Waals surface area contributed by atoms with Crippen LogP contribution in [0.2, 0.25) is 0 Å². The number of ketones is 1. The highest BCUT2D eigenvalue weighted by atomic mass is 79.9. The third-order valence-electron chi connectivity index (χ3n) is 2.70. The van der Waals surface area contributed by atoms with Gasteiger partial charge < -0.3 is 9.72 Å². The van der Waals surface area contributed by atoms with Crippen molar-refractivity contribution in [1.29, 1.82) is 0 Å². The van der Waals surface area contributed by atoms with Gasteiger partial charge in [0.2, 0.25) is 5.78 Å². The summed E-state index contributed by atoms with van der Waals surface area (Å²) >= 11 is 3.33. The number of halogens is 2. The maximum atomic E-state index is 12.1. The van der Waals surface area contributed by atoms with Crippen LogP contribution >= 0.6 is 15.9 Å². The number of allylic oxidation sites excluding steroid dienone is 1. The van der Waals surface area contributed by atoms with Crippen LogP contribution in [0.15, 0.2) is 34.8 Å². The molecule has 0 aliphatic carbocycles. The molecular weight excluding hydrogens is 325 g/mol. The molecule has 0 saturated carbocycles. The maximum Gasteiger partial charge on any atom is 0.216 e. The Morgan fingerprint density at radius 3 is 2.90 bits per heavy atom. The monoisotopic (exact) mass is 335 g/mol. The second-order valence-electron chi connectivity index (χ2n) is 4.04. The Balaban J connectivity index is 2.42. The van der Waals surface area contributed by atoms with Crippen LogP contribution in [-0.2, 0) is 0 Å². The molecular formula is C15H11BrFNO2. The van der Waals surface area contributed by atoms with Gasteiger partial charge in [0.25, 0.3) is 0 Å². The number of aromatic nitrogens is 1. The van der Waals surface area contributed by atoms with Gasteiger partial charge in [0.1, 0.15) is 19.0 Å². The Kier molecular flexibility index (Phi) is 4.26. The van der Waals surface area contributed by atoms with Crippen molar-refractivity contribution in [2.24, 2.45) is 0 Å².